The molecule has 1 aliphatic rings. The molecule has 0 spiro atoms. The van der Waals surface area contributed by atoms with E-state index in [0.29, 0.717) is 40.3 Å². The van der Waals surface area contributed by atoms with Crippen molar-refractivity contribution in [2.24, 2.45) is 5.41 Å². The van der Waals surface area contributed by atoms with Crippen molar-refractivity contribution < 1.29 is 16.8 Å². The molecule has 6 rings (SSSR count). The Hall–Kier alpha value is -3.97. The molecule has 4 heteroatoms. The third-order valence-electron chi connectivity index (χ3n) is 7.38. The van der Waals surface area contributed by atoms with E-state index in [9.17, 15) is 8.00 Å². The summed E-state index contributed by atoms with van der Waals surface area (Å²) in [4.78, 5) is 8.62. The number of rotatable bonds is 3. The fourth-order valence-electron chi connectivity index (χ4n) is 5.10. The zero-order chi connectivity index (χ0) is 33.4. The SMILES string of the molecule is [2H]c1cc(C2([2H])CCC(C)(C)CC2)cc(C([2H])([2H])[2H])c1-c1c(C([2H])([2H])[2H])cnc(-c2cccc3c2oc2nc(C#N)ccc23)c1[2H]. The van der Waals surface area contributed by atoms with Crippen LogP contribution < -0.4 is 0 Å². The van der Waals surface area contributed by atoms with Crippen LogP contribution >= 0.6 is 0 Å². The van der Waals surface area contributed by atoms with E-state index in [0.717, 1.165) is 19.0 Å². The van der Waals surface area contributed by atoms with Crippen molar-refractivity contribution >= 4 is 22.1 Å². The lowest BCUT2D eigenvalue weighted by atomic mass is 9.71. The lowest BCUT2D eigenvalue weighted by molar-refractivity contribution is 0.224. The van der Waals surface area contributed by atoms with E-state index in [1.807, 2.05) is 6.07 Å². The van der Waals surface area contributed by atoms with Gasteiger partial charge in [-0.1, -0.05) is 44.2 Å². The molecule has 0 amide bonds. The number of para-hydroxylation sites is 1. The Labute approximate surface area is 230 Å². The van der Waals surface area contributed by atoms with Gasteiger partial charge in [-0.2, -0.15) is 5.26 Å². The molecule has 5 aromatic rings. The number of nitriles is 1. The van der Waals surface area contributed by atoms with Gasteiger partial charge in [0.15, 0.2) is 0 Å². The maximum absolute atomic E-state index is 9.33. The number of pyridine rings is 2. The van der Waals surface area contributed by atoms with Crippen LogP contribution in [0.2, 0.25) is 0 Å². The first-order valence-electron chi connectivity index (χ1n) is 16.8. The highest BCUT2D eigenvalue weighted by Crippen LogP contribution is 2.43. The molecular formula is C33H31N3O. The van der Waals surface area contributed by atoms with E-state index in [4.69, 9.17) is 14.0 Å². The highest BCUT2D eigenvalue weighted by atomic mass is 16.3. The van der Waals surface area contributed by atoms with Gasteiger partial charge >= 0.3 is 0 Å². The van der Waals surface area contributed by atoms with Gasteiger partial charge in [-0.15, -0.1) is 0 Å². The first-order valence-corrected chi connectivity index (χ1v) is 12.3. The predicted octanol–water partition coefficient (Wildman–Crippen LogP) is 8.88. The second kappa shape index (κ2) is 8.85. The first-order chi connectivity index (χ1) is 21.4. The minimum absolute atomic E-state index is 0.0274. The summed E-state index contributed by atoms with van der Waals surface area (Å²) >= 11 is 0. The lowest BCUT2D eigenvalue weighted by Gasteiger charge is -2.34. The summed E-state index contributed by atoms with van der Waals surface area (Å²) in [6, 6.07) is 12.6. The van der Waals surface area contributed by atoms with Crippen LogP contribution in [0.5, 0.6) is 0 Å². The van der Waals surface area contributed by atoms with Gasteiger partial charge in [-0.05, 0) is 103 Å². The molecule has 2 aromatic carbocycles. The van der Waals surface area contributed by atoms with Gasteiger partial charge in [0, 0.05) is 32.1 Å². The molecule has 0 bridgehead atoms. The second-order valence-electron chi connectivity index (χ2n) is 10.4. The van der Waals surface area contributed by atoms with Crippen LogP contribution in [0.15, 0.2) is 65.2 Å². The van der Waals surface area contributed by atoms with E-state index in [2.05, 4.69) is 23.8 Å². The number of aromatic nitrogens is 2. The molecule has 0 unspecified atom stereocenters. The summed E-state index contributed by atoms with van der Waals surface area (Å²) in [6.45, 7) is -1.30. The summed E-state index contributed by atoms with van der Waals surface area (Å²) in [6.07, 6.45) is 3.63. The molecule has 0 aliphatic heterocycles. The van der Waals surface area contributed by atoms with Crippen molar-refractivity contribution in [1.82, 2.24) is 9.97 Å². The van der Waals surface area contributed by atoms with Crippen molar-refractivity contribution in [3.8, 4) is 28.5 Å². The normalized spacial score (nSPS) is 20.8. The number of benzene rings is 2. The number of furan rings is 1. The van der Waals surface area contributed by atoms with Crippen molar-refractivity contribution in [3.63, 3.8) is 0 Å². The van der Waals surface area contributed by atoms with Crippen molar-refractivity contribution in [2.75, 3.05) is 0 Å². The van der Waals surface area contributed by atoms with Gasteiger partial charge < -0.3 is 4.42 Å². The Morgan fingerprint density at radius 3 is 2.68 bits per heavy atom. The third-order valence-corrected chi connectivity index (χ3v) is 7.38. The number of hydrogen-bond donors (Lipinski definition) is 0. The molecule has 3 aromatic heterocycles. The fourth-order valence-corrected chi connectivity index (χ4v) is 5.10. The van der Waals surface area contributed by atoms with Crippen molar-refractivity contribution in [2.45, 2.75) is 59.1 Å². The van der Waals surface area contributed by atoms with Crippen LogP contribution in [0, 0.1) is 30.4 Å². The Bertz CT molecular complexity index is 2060. The lowest BCUT2D eigenvalue weighted by Crippen LogP contribution is -2.20. The van der Waals surface area contributed by atoms with Crippen LogP contribution in [-0.2, 0) is 0 Å². The fraction of sp³-hybridized carbons (Fsp3) is 0.303. The molecule has 4 nitrogen and oxygen atoms in total. The van der Waals surface area contributed by atoms with Gasteiger partial charge in [0.05, 0.1) is 8.44 Å². The van der Waals surface area contributed by atoms with E-state index < -0.39 is 19.6 Å². The maximum atomic E-state index is 9.33. The van der Waals surface area contributed by atoms with Crippen LogP contribution in [0.1, 0.15) is 80.1 Å². The van der Waals surface area contributed by atoms with Crippen molar-refractivity contribution in [1.29, 1.82) is 5.26 Å². The number of hydrogen-bond acceptors (Lipinski definition) is 4. The van der Waals surface area contributed by atoms with Gasteiger partial charge in [-0.25, -0.2) is 4.98 Å². The summed E-state index contributed by atoms with van der Waals surface area (Å²) in [7, 11) is 0. The molecule has 0 atom stereocenters. The standard InChI is InChI=1S/C33H31N3O/c1-20-16-23(22-12-14-33(3,4)15-13-22)8-10-25(20)29-17-30(35-19-21(29)2)28-7-5-6-26-27-11-9-24(18-34)36-32(27)37-31(26)28/h5-11,16-17,19,22H,12-15H2,1-4H3/i1D3,2D3,10D,17D,22D. The van der Waals surface area contributed by atoms with E-state index in [1.54, 1.807) is 30.3 Å². The average molecular weight is 495 g/mol. The Balaban J connectivity index is 1.62. The Morgan fingerprint density at radius 2 is 1.89 bits per heavy atom. The van der Waals surface area contributed by atoms with E-state index in [-0.39, 0.29) is 56.9 Å². The summed E-state index contributed by atoms with van der Waals surface area (Å²) in [5.74, 6) is -1.10. The minimum Gasteiger partial charge on any atom is -0.437 e. The molecule has 184 valence electrons. The quantitative estimate of drug-likeness (QED) is 0.251. The number of aryl methyl sites for hydroxylation is 2. The van der Waals surface area contributed by atoms with Crippen molar-refractivity contribution in [3.05, 3.63) is 83.1 Å². The number of nitrogens with zero attached hydrogens (tertiary/aromatic N) is 3. The monoisotopic (exact) mass is 494 g/mol. The van der Waals surface area contributed by atoms with E-state index in [1.165, 1.54) is 12.1 Å². The zero-order valence-electron chi connectivity index (χ0n) is 29.7. The molecule has 3 heterocycles. The molecule has 1 saturated carbocycles. The third kappa shape index (κ3) is 4.19. The Morgan fingerprint density at radius 1 is 1.05 bits per heavy atom. The molecule has 0 radical (unpaired) electrons. The molecule has 1 aliphatic carbocycles. The maximum Gasteiger partial charge on any atom is 0.228 e. The number of fused-ring (bicyclic) bond motifs is 3. The van der Waals surface area contributed by atoms with Gasteiger partial charge in [0.2, 0.25) is 5.71 Å². The smallest absolute Gasteiger partial charge is 0.228 e. The average Bonchev–Trinajstić information content (AvgIpc) is 3.36. The second-order valence-corrected chi connectivity index (χ2v) is 10.4. The van der Waals surface area contributed by atoms with Crippen LogP contribution in [-0.4, -0.2) is 9.97 Å². The van der Waals surface area contributed by atoms with Gasteiger partial charge in [-0.3, -0.25) is 4.98 Å². The Kier molecular flexibility index (Phi) is 3.66. The molecule has 1 fully saturated rings. The van der Waals surface area contributed by atoms with Crippen LogP contribution in [0.3, 0.4) is 0 Å². The van der Waals surface area contributed by atoms with Crippen LogP contribution in [0.25, 0.3) is 44.5 Å². The van der Waals surface area contributed by atoms with Crippen LogP contribution in [0.4, 0.5) is 0 Å². The van der Waals surface area contributed by atoms with Gasteiger partial charge in [0.25, 0.3) is 0 Å². The summed E-state index contributed by atoms with van der Waals surface area (Å²) in [5, 5.41) is 10.6. The minimum atomic E-state index is -2.79. The molecule has 37 heavy (non-hydrogen) atoms. The highest BCUT2D eigenvalue weighted by Gasteiger charge is 2.27. The largest absolute Gasteiger partial charge is 0.437 e. The summed E-state index contributed by atoms with van der Waals surface area (Å²) in [5.41, 5.74) is 0.435. The summed E-state index contributed by atoms with van der Waals surface area (Å²) < 4.78 is 83.9. The van der Waals surface area contributed by atoms with E-state index >= 15 is 0 Å². The first kappa shape index (κ1) is 15.3. The molecule has 0 saturated heterocycles. The molecule has 0 N–H and O–H groups in total. The molecular weight excluding hydrogens is 454 g/mol. The predicted molar refractivity (Wildman–Crippen MR) is 149 cm³/mol. The zero-order valence-corrected chi connectivity index (χ0v) is 20.7. The van der Waals surface area contributed by atoms with Gasteiger partial charge in [0.1, 0.15) is 17.3 Å². The topological polar surface area (TPSA) is 62.7 Å². The highest BCUT2D eigenvalue weighted by molar-refractivity contribution is 6.08.